The summed E-state index contributed by atoms with van der Waals surface area (Å²) in [4.78, 5) is 40.0. The Kier molecular flexibility index (Phi) is 10.3. The summed E-state index contributed by atoms with van der Waals surface area (Å²) in [6.45, 7) is 0.137. The maximum atomic E-state index is 13.9. The Morgan fingerprint density at radius 1 is 0.865 bits per heavy atom. The molecule has 0 saturated carbocycles. The zero-order valence-corrected chi connectivity index (χ0v) is 28.5. The summed E-state index contributed by atoms with van der Waals surface area (Å²) >= 11 is 0. The number of fused-ring (bicyclic) bond motifs is 2. The second-order valence-corrected chi connectivity index (χ2v) is 13.2. The molecule has 10 nitrogen and oxygen atoms in total. The van der Waals surface area contributed by atoms with Crippen LogP contribution in [0.5, 0.6) is 5.75 Å². The van der Waals surface area contributed by atoms with Crippen LogP contribution in [0.25, 0.3) is 6.08 Å². The largest absolute Gasteiger partial charge is 0.508 e. The number of carbonyl (C=O) groups excluding carboxylic acids is 3. The van der Waals surface area contributed by atoms with Crippen molar-refractivity contribution in [3.63, 3.8) is 0 Å². The first kappa shape index (κ1) is 34.9. The molecule has 4 aromatic rings. The van der Waals surface area contributed by atoms with Gasteiger partial charge in [0.1, 0.15) is 24.1 Å². The van der Waals surface area contributed by atoms with E-state index in [0.717, 1.165) is 22.3 Å². The van der Waals surface area contributed by atoms with Crippen molar-refractivity contribution >= 4 is 23.9 Å². The highest BCUT2D eigenvalue weighted by Gasteiger charge is 2.55. The highest BCUT2D eigenvalue weighted by Crippen LogP contribution is 2.45. The van der Waals surface area contributed by atoms with Gasteiger partial charge in [-0.2, -0.15) is 0 Å². The van der Waals surface area contributed by atoms with E-state index in [4.69, 9.17) is 19.3 Å². The number of nitrogens with one attached hydrogen (secondary N) is 2. The van der Waals surface area contributed by atoms with E-state index < -0.39 is 30.1 Å². The minimum absolute atomic E-state index is 0.111. The van der Waals surface area contributed by atoms with E-state index in [0.29, 0.717) is 41.5 Å². The Morgan fingerprint density at radius 3 is 2.40 bits per heavy atom. The molecule has 1 saturated heterocycles. The van der Waals surface area contributed by atoms with Crippen molar-refractivity contribution in [3.05, 3.63) is 154 Å². The van der Waals surface area contributed by atoms with Gasteiger partial charge in [-0.3, -0.25) is 9.59 Å². The maximum absolute atomic E-state index is 13.9. The van der Waals surface area contributed by atoms with E-state index in [1.165, 1.54) is 0 Å². The van der Waals surface area contributed by atoms with Crippen LogP contribution >= 0.6 is 0 Å². The number of para-hydroxylation sites is 1. The van der Waals surface area contributed by atoms with E-state index in [-0.39, 0.29) is 43.7 Å². The molecule has 0 aromatic heterocycles. The molecule has 1 fully saturated rings. The van der Waals surface area contributed by atoms with Gasteiger partial charge in [0.05, 0.1) is 12.2 Å². The van der Waals surface area contributed by atoms with Crippen LogP contribution in [0.1, 0.15) is 55.0 Å². The number of rotatable bonds is 11. The van der Waals surface area contributed by atoms with E-state index in [2.05, 4.69) is 22.8 Å². The molecule has 1 spiro atoms. The molecule has 7 rings (SSSR count). The Morgan fingerprint density at radius 2 is 1.62 bits per heavy atom. The standard InChI is InChI=1S/C42H40N2O8/c45-20-19-43-39(47)30-16-7-9-27(21-30)26-44-40(48)33-22-36(38-37(23-33)51-42(52-38)24-31-12-1-2-13-32(31)25-42)50-41(49)34-17-5-3-10-28(34)14-8-15-29-11-4-6-18-35(29)46/h1-14,16-18,21,23,36-38,45-46H,15,19-20,22,24-26H2,(H,43,47)(H,44,48). The topological polar surface area (TPSA) is 143 Å². The van der Waals surface area contributed by atoms with Crippen LogP contribution in [0.3, 0.4) is 0 Å². The number of allylic oxidation sites excluding steroid dienone is 1. The number of carbonyl (C=O) groups is 3. The third-order valence-electron chi connectivity index (χ3n) is 9.61. The number of aliphatic hydroxyl groups excluding tert-OH is 1. The molecule has 0 bridgehead atoms. The third-order valence-corrected chi connectivity index (χ3v) is 9.61. The molecule has 3 unspecified atom stereocenters. The molecule has 4 aromatic carbocycles. The van der Waals surface area contributed by atoms with Gasteiger partial charge in [-0.15, -0.1) is 0 Å². The second-order valence-electron chi connectivity index (χ2n) is 13.2. The number of hydrogen-bond donors (Lipinski definition) is 4. The molecule has 2 aliphatic carbocycles. The fourth-order valence-corrected chi connectivity index (χ4v) is 7.08. The fourth-order valence-electron chi connectivity index (χ4n) is 7.08. The number of phenolic OH excluding ortho intramolecular Hbond substituents is 1. The monoisotopic (exact) mass is 700 g/mol. The number of esters is 1. The molecule has 52 heavy (non-hydrogen) atoms. The van der Waals surface area contributed by atoms with Gasteiger partial charge in [0.2, 0.25) is 5.91 Å². The maximum Gasteiger partial charge on any atom is 0.339 e. The van der Waals surface area contributed by atoms with Crippen molar-refractivity contribution in [2.45, 2.75) is 56.3 Å². The average Bonchev–Trinajstić information content (AvgIpc) is 3.71. The average molecular weight is 701 g/mol. The molecule has 3 atom stereocenters. The van der Waals surface area contributed by atoms with Gasteiger partial charge < -0.3 is 35.1 Å². The second kappa shape index (κ2) is 15.4. The normalized spacial score (nSPS) is 19.9. The first-order chi connectivity index (χ1) is 25.3. The quantitative estimate of drug-likeness (QED) is 0.163. The van der Waals surface area contributed by atoms with Crippen LogP contribution in [-0.4, -0.2) is 65.2 Å². The molecule has 10 heteroatoms. The lowest BCUT2D eigenvalue weighted by Gasteiger charge is -2.30. The lowest BCUT2D eigenvalue weighted by Crippen LogP contribution is -2.43. The Hall–Kier alpha value is -5.55. The molecule has 4 N–H and O–H groups in total. The van der Waals surface area contributed by atoms with Gasteiger partial charge in [0, 0.05) is 43.5 Å². The van der Waals surface area contributed by atoms with Gasteiger partial charge in [-0.1, -0.05) is 84.9 Å². The van der Waals surface area contributed by atoms with Crippen molar-refractivity contribution in [2.24, 2.45) is 0 Å². The summed E-state index contributed by atoms with van der Waals surface area (Å²) in [5, 5.41) is 24.8. The van der Waals surface area contributed by atoms with Crippen LogP contribution in [0.2, 0.25) is 0 Å². The summed E-state index contributed by atoms with van der Waals surface area (Å²) in [5.41, 5.74) is 5.59. The van der Waals surface area contributed by atoms with E-state index in [9.17, 15) is 19.5 Å². The zero-order chi connectivity index (χ0) is 36.1. The van der Waals surface area contributed by atoms with Crippen molar-refractivity contribution in [1.29, 1.82) is 0 Å². The number of phenols is 1. The minimum atomic E-state index is -0.938. The first-order valence-corrected chi connectivity index (χ1v) is 17.4. The van der Waals surface area contributed by atoms with Crippen molar-refractivity contribution < 1.29 is 38.8 Å². The summed E-state index contributed by atoms with van der Waals surface area (Å²) in [5.74, 6) is -1.95. The molecular formula is C42H40N2O8. The SMILES string of the molecule is O=C(NCc1cccc(C(=O)NCCO)c1)C1=CC2OC3(Cc4ccccc4C3)OC2C(OC(=O)c2ccccc2C=CCc2ccccc2O)C1. The molecule has 1 heterocycles. The Bertz CT molecular complexity index is 2010. The van der Waals surface area contributed by atoms with Crippen LogP contribution in [0.4, 0.5) is 0 Å². The van der Waals surface area contributed by atoms with Gasteiger partial charge in [-0.25, -0.2) is 4.79 Å². The van der Waals surface area contributed by atoms with Crippen LogP contribution in [-0.2, 0) is 44.8 Å². The fraction of sp³-hybridized carbons (Fsp3) is 0.262. The highest BCUT2D eigenvalue weighted by molar-refractivity contribution is 5.96. The summed E-state index contributed by atoms with van der Waals surface area (Å²) in [6, 6.07) is 29.2. The predicted octanol–water partition coefficient (Wildman–Crippen LogP) is 4.82. The third kappa shape index (κ3) is 7.69. The molecule has 266 valence electrons. The molecule has 2 amide bonds. The van der Waals surface area contributed by atoms with Crippen molar-refractivity contribution in [1.82, 2.24) is 10.6 Å². The van der Waals surface area contributed by atoms with Crippen molar-refractivity contribution in [3.8, 4) is 5.75 Å². The number of benzene rings is 4. The predicted molar refractivity (Wildman–Crippen MR) is 193 cm³/mol. The van der Waals surface area contributed by atoms with Gasteiger partial charge in [0.15, 0.2) is 5.79 Å². The van der Waals surface area contributed by atoms with E-state index in [1.807, 2.05) is 54.6 Å². The number of aliphatic hydroxyl groups is 1. The molecule has 1 aliphatic heterocycles. The summed E-state index contributed by atoms with van der Waals surface area (Å²) < 4.78 is 19.5. The molecule has 0 radical (unpaired) electrons. The number of hydrogen-bond acceptors (Lipinski definition) is 8. The zero-order valence-electron chi connectivity index (χ0n) is 28.5. The highest BCUT2D eigenvalue weighted by atomic mass is 16.8. The van der Waals surface area contributed by atoms with E-state index in [1.54, 1.807) is 48.5 Å². The number of amides is 2. The summed E-state index contributed by atoms with van der Waals surface area (Å²) in [7, 11) is 0. The number of aromatic hydroxyl groups is 1. The van der Waals surface area contributed by atoms with Gasteiger partial charge >= 0.3 is 5.97 Å². The van der Waals surface area contributed by atoms with Crippen LogP contribution < -0.4 is 10.6 Å². The lowest BCUT2D eigenvalue weighted by atomic mass is 9.91. The van der Waals surface area contributed by atoms with Gasteiger partial charge in [0.25, 0.3) is 5.91 Å². The van der Waals surface area contributed by atoms with Crippen LogP contribution in [0, 0.1) is 0 Å². The van der Waals surface area contributed by atoms with Gasteiger partial charge in [-0.05, 0) is 64.6 Å². The Labute approximate surface area is 301 Å². The number of ether oxygens (including phenoxy) is 3. The van der Waals surface area contributed by atoms with Crippen molar-refractivity contribution in [2.75, 3.05) is 13.2 Å². The Balaban J connectivity index is 1.09. The molecular weight excluding hydrogens is 660 g/mol. The smallest absolute Gasteiger partial charge is 0.339 e. The minimum Gasteiger partial charge on any atom is -0.508 e. The molecule has 3 aliphatic rings. The lowest BCUT2D eigenvalue weighted by molar-refractivity contribution is -0.172. The van der Waals surface area contributed by atoms with Crippen LogP contribution in [0.15, 0.2) is 115 Å². The first-order valence-electron chi connectivity index (χ1n) is 17.4. The summed E-state index contributed by atoms with van der Waals surface area (Å²) in [6.07, 6.45) is 5.08. The van der Waals surface area contributed by atoms with E-state index >= 15 is 0 Å².